The van der Waals surface area contributed by atoms with Gasteiger partial charge in [-0.2, -0.15) is 4.98 Å². The number of para-hydroxylation sites is 2. The fraction of sp³-hybridized carbons (Fsp3) is 0.500. The Morgan fingerprint density at radius 3 is 2.64 bits per heavy atom. The second kappa shape index (κ2) is 5.61. The standard InChI is InChI=1S/C16H20N4O2/c21-14-4-2-1-3-13(14)20-9-7-19(8-10-20)11-15-17-16(18-22-15)12-5-6-12/h1-4,12,21H,5-11H2. The molecule has 0 bridgehead atoms. The molecule has 0 radical (unpaired) electrons. The van der Waals surface area contributed by atoms with Crippen LogP contribution in [-0.4, -0.2) is 46.3 Å². The van der Waals surface area contributed by atoms with Gasteiger partial charge in [0.25, 0.3) is 0 Å². The predicted molar refractivity (Wildman–Crippen MR) is 81.9 cm³/mol. The summed E-state index contributed by atoms with van der Waals surface area (Å²) in [6.45, 7) is 4.35. The molecule has 0 atom stereocenters. The van der Waals surface area contributed by atoms with Crippen LogP contribution in [0.2, 0.25) is 0 Å². The maximum Gasteiger partial charge on any atom is 0.240 e. The molecule has 6 heteroatoms. The van der Waals surface area contributed by atoms with Crippen LogP contribution < -0.4 is 4.90 Å². The molecule has 1 aliphatic carbocycles. The zero-order chi connectivity index (χ0) is 14.9. The first-order valence-electron chi connectivity index (χ1n) is 7.87. The molecule has 4 rings (SSSR count). The van der Waals surface area contributed by atoms with Crippen molar-refractivity contribution in [3.63, 3.8) is 0 Å². The molecule has 1 aromatic carbocycles. The van der Waals surface area contributed by atoms with Gasteiger partial charge in [0.1, 0.15) is 5.75 Å². The molecule has 0 spiro atoms. The second-order valence-corrected chi connectivity index (χ2v) is 6.07. The Labute approximate surface area is 129 Å². The van der Waals surface area contributed by atoms with Crippen LogP contribution in [0, 0.1) is 0 Å². The zero-order valence-electron chi connectivity index (χ0n) is 12.5. The van der Waals surface area contributed by atoms with E-state index in [2.05, 4.69) is 19.9 Å². The number of rotatable bonds is 4. The highest BCUT2D eigenvalue weighted by Gasteiger charge is 2.29. The fourth-order valence-electron chi connectivity index (χ4n) is 2.91. The van der Waals surface area contributed by atoms with Crippen molar-refractivity contribution < 1.29 is 9.63 Å². The van der Waals surface area contributed by atoms with Crippen molar-refractivity contribution in [1.29, 1.82) is 0 Å². The lowest BCUT2D eigenvalue weighted by Crippen LogP contribution is -2.46. The van der Waals surface area contributed by atoms with Gasteiger partial charge in [-0.3, -0.25) is 4.90 Å². The summed E-state index contributed by atoms with van der Waals surface area (Å²) in [5, 5.41) is 14.0. The average Bonchev–Trinajstić information content (AvgIpc) is 3.29. The van der Waals surface area contributed by atoms with Crippen molar-refractivity contribution in [2.24, 2.45) is 0 Å². The van der Waals surface area contributed by atoms with Gasteiger partial charge in [0.15, 0.2) is 5.82 Å². The number of aromatic hydroxyl groups is 1. The lowest BCUT2D eigenvalue weighted by molar-refractivity contribution is 0.215. The first kappa shape index (κ1) is 13.6. The number of aromatic nitrogens is 2. The molecule has 2 fully saturated rings. The fourth-order valence-corrected chi connectivity index (χ4v) is 2.91. The van der Waals surface area contributed by atoms with Crippen molar-refractivity contribution in [1.82, 2.24) is 15.0 Å². The molecule has 6 nitrogen and oxygen atoms in total. The lowest BCUT2D eigenvalue weighted by Gasteiger charge is -2.35. The highest BCUT2D eigenvalue weighted by atomic mass is 16.5. The minimum Gasteiger partial charge on any atom is -0.506 e. The Morgan fingerprint density at radius 2 is 1.91 bits per heavy atom. The highest BCUT2D eigenvalue weighted by Crippen LogP contribution is 2.38. The molecule has 1 aliphatic heterocycles. The van der Waals surface area contributed by atoms with Crippen LogP contribution in [0.4, 0.5) is 5.69 Å². The van der Waals surface area contributed by atoms with E-state index in [9.17, 15) is 5.11 Å². The molecular weight excluding hydrogens is 280 g/mol. The largest absolute Gasteiger partial charge is 0.506 e. The van der Waals surface area contributed by atoms with Crippen molar-refractivity contribution in [3.8, 4) is 5.75 Å². The van der Waals surface area contributed by atoms with Gasteiger partial charge in [0, 0.05) is 32.1 Å². The Kier molecular flexibility index (Phi) is 3.46. The third-order valence-corrected chi connectivity index (χ3v) is 4.38. The van der Waals surface area contributed by atoms with E-state index in [1.54, 1.807) is 6.07 Å². The normalized spacial score (nSPS) is 19.5. The molecule has 0 amide bonds. The number of benzene rings is 1. The van der Waals surface area contributed by atoms with Gasteiger partial charge in [0.2, 0.25) is 5.89 Å². The van der Waals surface area contributed by atoms with Gasteiger partial charge >= 0.3 is 0 Å². The third kappa shape index (κ3) is 2.78. The van der Waals surface area contributed by atoms with Crippen LogP contribution in [0.5, 0.6) is 5.75 Å². The Bertz CT molecular complexity index is 645. The van der Waals surface area contributed by atoms with E-state index in [4.69, 9.17) is 4.52 Å². The van der Waals surface area contributed by atoms with Gasteiger partial charge in [-0.05, 0) is 25.0 Å². The topological polar surface area (TPSA) is 65.6 Å². The monoisotopic (exact) mass is 300 g/mol. The average molecular weight is 300 g/mol. The van der Waals surface area contributed by atoms with Crippen LogP contribution in [0.1, 0.15) is 30.5 Å². The molecule has 116 valence electrons. The van der Waals surface area contributed by atoms with E-state index in [1.165, 1.54) is 12.8 Å². The summed E-state index contributed by atoms with van der Waals surface area (Å²) in [7, 11) is 0. The number of phenols is 1. The van der Waals surface area contributed by atoms with E-state index in [-0.39, 0.29) is 0 Å². The Hall–Kier alpha value is -2.08. The van der Waals surface area contributed by atoms with Crippen molar-refractivity contribution in [2.75, 3.05) is 31.1 Å². The maximum atomic E-state index is 9.94. The van der Waals surface area contributed by atoms with Crippen LogP contribution >= 0.6 is 0 Å². The zero-order valence-corrected chi connectivity index (χ0v) is 12.5. The Morgan fingerprint density at radius 1 is 1.14 bits per heavy atom. The molecule has 2 aliphatic rings. The van der Waals surface area contributed by atoms with Gasteiger partial charge in [-0.25, -0.2) is 0 Å². The van der Waals surface area contributed by atoms with E-state index in [0.717, 1.165) is 43.6 Å². The second-order valence-electron chi connectivity index (χ2n) is 6.07. The maximum absolute atomic E-state index is 9.94. The van der Waals surface area contributed by atoms with Crippen molar-refractivity contribution in [2.45, 2.75) is 25.3 Å². The van der Waals surface area contributed by atoms with Gasteiger partial charge < -0.3 is 14.5 Å². The minimum atomic E-state index is 0.349. The number of anilines is 1. The number of hydrogen-bond donors (Lipinski definition) is 1. The Balaban J connectivity index is 1.34. The summed E-state index contributed by atoms with van der Waals surface area (Å²) in [5.74, 6) is 2.48. The van der Waals surface area contributed by atoms with E-state index < -0.39 is 0 Å². The summed E-state index contributed by atoms with van der Waals surface area (Å²) in [6, 6.07) is 7.51. The molecule has 2 aromatic rings. The van der Waals surface area contributed by atoms with E-state index in [1.807, 2.05) is 18.2 Å². The smallest absolute Gasteiger partial charge is 0.240 e. The van der Waals surface area contributed by atoms with Gasteiger partial charge in [-0.1, -0.05) is 17.3 Å². The number of phenolic OH excluding ortho intramolecular Hbond substituents is 1. The quantitative estimate of drug-likeness (QED) is 0.931. The molecule has 0 unspecified atom stereocenters. The van der Waals surface area contributed by atoms with Crippen LogP contribution in [0.3, 0.4) is 0 Å². The van der Waals surface area contributed by atoms with Crippen LogP contribution in [0.15, 0.2) is 28.8 Å². The minimum absolute atomic E-state index is 0.349. The highest BCUT2D eigenvalue weighted by molar-refractivity contribution is 5.57. The summed E-state index contributed by atoms with van der Waals surface area (Å²) in [6.07, 6.45) is 2.39. The molecule has 1 N–H and O–H groups in total. The molecule has 22 heavy (non-hydrogen) atoms. The summed E-state index contributed by atoms with van der Waals surface area (Å²) < 4.78 is 5.34. The van der Waals surface area contributed by atoms with E-state index >= 15 is 0 Å². The number of nitrogens with zero attached hydrogens (tertiary/aromatic N) is 4. The van der Waals surface area contributed by atoms with Crippen LogP contribution in [-0.2, 0) is 6.54 Å². The predicted octanol–water partition coefficient (Wildman–Crippen LogP) is 1.97. The van der Waals surface area contributed by atoms with Gasteiger partial charge in [0.05, 0.1) is 12.2 Å². The molecular formula is C16H20N4O2. The molecule has 1 aromatic heterocycles. The first-order valence-corrected chi connectivity index (χ1v) is 7.87. The van der Waals surface area contributed by atoms with E-state index in [0.29, 0.717) is 18.2 Å². The molecule has 2 heterocycles. The SMILES string of the molecule is Oc1ccccc1N1CCN(Cc2nc(C3CC3)no2)CC1. The number of piperazine rings is 1. The summed E-state index contributed by atoms with van der Waals surface area (Å²) in [4.78, 5) is 9.02. The first-order chi connectivity index (χ1) is 10.8. The summed E-state index contributed by atoms with van der Waals surface area (Å²) >= 11 is 0. The van der Waals surface area contributed by atoms with Crippen molar-refractivity contribution >= 4 is 5.69 Å². The van der Waals surface area contributed by atoms with Gasteiger partial charge in [-0.15, -0.1) is 0 Å². The molecule has 1 saturated heterocycles. The van der Waals surface area contributed by atoms with Crippen molar-refractivity contribution in [3.05, 3.63) is 36.0 Å². The van der Waals surface area contributed by atoms with Crippen LogP contribution in [0.25, 0.3) is 0 Å². The third-order valence-electron chi connectivity index (χ3n) is 4.38. The number of hydrogen-bond acceptors (Lipinski definition) is 6. The summed E-state index contributed by atoms with van der Waals surface area (Å²) in [5.41, 5.74) is 0.913. The molecule has 1 saturated carbocycles. The lowest BCUT2D eigenvalue weighted by atomic mass is 10.2.